The molecule has 246 valence electrons. The second kappa shape index (κ2) is 18.0. The van der Waals surface area contributed by atoms with Crippen molar-refractivity contribution in [2.75, 3.05) is 0 Å². The van der Waals surface area contributed by atoms with E-state index in [9.17, 15) is 0 Å². The van der Waals surface area contributed by atoms with Gasteiger partial charge in [0.25, 0.3) is 0 Å². The van der Waals surface area contributed by atoms with E-state index in [2.05, 4.69) is 178 Å². The summed E-state index contributed by atoms with van der Waals surface area (Å²) in [5.41, 5.74) is 11.2. The first-order chi connectivity index (χ1) is 21.2. The number of benzene rings is 4. The van der Waals surface area contributed by atoms with Crippen LogP contribution in [0, 0.1) is 6.92 Å². The molecule has 0 aliphatic heterocycles. The van der Waals surface area contributed by atoms with Crippen molar-refractivity contribution in [3.8, 4) is 22.3 Å². The van der Waals surface area contributed by atoms with Gasteiger partial charge in [0, 0.05) is 0 Å². The third kappa shape index (κ3) is 10.9. The van der Waals surface area contributed by atoms with Gasteiger partial charge >= 0.3 is 41.9 Å². The topological polar surface area (TPSA) is 0 Å². The smallest absolute Gasteiger partial charge is 0.0132 e. The van der Waals surface area contributed by atoms with E-state index < -0.39 is 0 Å². The molecule has 0 saturated carbocycles. The van der Waals surface area contributed by atoms with Crippen molar-refractivity contribution in [2.24, 2.45) is 0 Å². The van der Waals surface area contributed by atoms with Gasteiger partial charge < -0.3 is 24.8 Å². The maximum Gasteiger partial charge on any atom is -0.0132 e. The summed E-state index contributed by atoms with van der Waals surface area (Å²) in [5, 5.41) is 5.41. The molecule has 6 aromatic rings. The number of fused-ring (bicyclic) bond motifs is 2. The van der Waals surface area contributed by atoms with Crippen molar-refractivity contribution in [1.29, 1.82) is 0 Å². The number of hydrogen-bond donors (Lipinski definition) is 0. The van der Waals surface area contributed by atoms with Gasteiger partial charge in [0.15, 0.2) is 0 Å². The number of aryl methyl sites for hydroxylation is 1. The van der Waals surface area contributed by atoms with Crippen LogP contribution in [0.1, 0.15) is 82.6 Å². The van der Waals surface area contributed by atoms with Gasteiger partial charge in [0.1, 0.15) is 0 Å². The minimum Gasteiger partial charge on any atom is -1.00 e. The minimum absolute atomic E-state index is 0. The van der Waals surface area contributed by atoms with Crippen molar-refractivity contribution in [1.82, 2.24) is 0 Å². The van der Waals surface area contributed by atoms with Gasteiger partial charge in [-0.05, 0) is 39.5 Å². The average molecular weight is 757 g/mol. The van der Waals surface area contributed by atoms with Crippen molar-refractivity contribution in [2.45, 2.75) is 85.7 Å². The summed E-state index contributed by atoms with van der Waals surface area (Å²) in [5.74, 6) is 1.16. The van der Waals surface area contributed by atoms with Crippen LogP contribution in [0.25, 0.3) is 43.8 Å². The summed E-state index contributed by atoms with van der Waals surface area (Å²) in [6.07, 6.45) is 0. The van der Waals surface area contributed by atoms with Crippen LogP contribution in [-0.2, 0) is 28.8 Å². The van der Waals surface area contributed by atoms with Crippen LogP contribution in [0.4, 0.5) is 0 Å². The van der Waals surface area contributed by atoms with Gasteiger partial charge in [-0.3, -0.25) is 0 Å². The Morgan fingerprint density at radius 2 is 1.06 bits per heavy atom. The Bertz CT molecular complexity index is 1860. The van der Waals surface area contributed by atoms with Gasteiger partial charge in [-0.2, -0.15) is 12.1 Å². The van der Waals surface area contributed by atoms with Crippen LogP contribution in [0.2, 0.25) is 13.1 Å². The molecule has 47 heavy (non-hydrogen) atoms. The normalized spacial score (nSPS) is 10.9. The van der Waals surface area contributed by atoms with Crippen molar-refractivity contribution in [3.63, 3.8) is 0 Å². The molecule has 0 aromatic heterocycles. The first-order valence-corrected chi connectivity index (χ1v) is 22.5. The van der Waals surface area contributed by atoms with Crippen molar-refractivity contribution in [3.05, 3.63) is 131 Å². The zero-order valence-corrected chi connectivity index (χ0v) is 34.8. The fourth-order valence-electron chi connectivity index (χ4n) is 5.68. The molecule has 0 saturated heterocycles. The number of rotatable bonds is 4. The van der Waals surface area contributed by atoms with E-state index in [1.807, 2.05) is 0 Å². The van der Waals surface area contributed by atoms with Crippen molar-refractivity contribution < 1.29 is 48.1 Å². The molecule has 0 aliphatic rings. The Morgan fingerprint density at radius 1 is 0.617 bits per heavy atom. The quantitative estimate of drug-likeness (QED) is 0.133. The molecule has 0 heterocycles. The van der Waals surface area contributed by atoms with Crippen LogP contribution in [0.15, 0.2) is 109 Å². The van der Waals surface area contributed by atoms with E-state index in [4.69, 9.17) is 0 Å². The second-order valence-corrected chi connectivity index (χ2v) is 23.6. The summed E-state index contributed by atoms with van der Waals surface area (Å²) in [6.45, 7) is 22.5. The van der Waals surface area contributed by atoms with Crippen LogP contribution in [0.5, 0.6) is 0 Å². The standard InChI is InChI=1S/C21H23.C20H21.C2H6Si.2ClH.Zr/c1-14(2)16-8-10-17(11-9-16)20-7-5-6-18-12-19(15(3)4)13-21(18)20;1-14-12-16-6-5-7-18(19(16)13-14)15-8-10-17(11-9-15)20(2,3)4;1-3-2;;;/h5-15H,1-4H3;5-13H,1-4H3;1-2H3;2*1H;/q2*-1;;;;+2/p-2. The third-order valence-corrected chi connectivity index (χ3v) is 8.29. The predicted octanol–water partition coefficient (Wildman–Crippen LogP) is 7.10. The molecule has 0 bridgehead atoms. The molecule has 0 unspecified atom stereocenters. The molecule has 6 rings (SSSR count). The molecule has 0 aliphatic carbocycles. The molecule has 4 heteroatoms. The van der Waals surface area contributed by atoms with E-state index in [1.165, 1.54) is 66.1 Å². The van der Waals surface area contributed by atoms with Crippen LogP contribution < -0.4 is 24.8 Å². The monoisotopic (exact) mass is 754 g/mol. The van der Waals surface area contributed by atoms with Gasteiger partial charge in [0.05, 0.1) is 0 Å². The zero-order chi connectivity index (χ0) is 32.9. The summed E-state index contributed by atoms with van der Waals surface area (Å²) < 4.78 is 0. The first-order valence-electron chi connectivity index (χ1n) is 16.3. The fraction of sp³-hybridized carbons (Fsp3) is 0.302. The maximum atomic E-state index is 2.35. The molecule has 0 N–H and O–H groups in total. The predicted molar refractivity (Wildman–Crippen MR) is 199 cm³/mol. The summed E-state index contributed by atoms with van der Waals surface area (Å²) in [4.78, 5) is 0. The van der Waals surface area contributed by atoms with Gasteiger partial charge in [-0.1, -0.05) is 127 Å². The molecule has 0 radical (unpaired) electrons. The van der Waals surface area contributed by atoms with Gasteiger partial charge in [-0.15, -0.1) is 69.1 Å². The Kier molecular flexibility index (Phi) is 15.7. The molecule has 0 spiro atoms. The largest absolute Gasteiger partial charge is 1.00 e. The molecule has 0 atom stereocenters. The fourth-order valence-corrected chi connectivity index (χ4v) is 5.68. The Balaban J connectivity index is 0.000000283. The maximum absolute atomic E-state index is 2.35. The van der Waals surface area contributed by atoms with Crippen LogP contribution in [-0.4, -0.2) is 5.43 Å². The first kappa shape index (κ1) is 41.0. The summed E-state index contributed by atoms with van der Waals surface area (Å²) >= 11 is 1.74. The number of halogens is 2. The van der Waals surface area contributed by atoms with E-state index in [1.54, 1.807) is 23.3 Å². The second-order valence-electron chi connectivity index (χ2n) is 14.2. The SMILES string of the molecule is CC(C)c1ccc(-c2cccc3[cH-]c(C(C)C)cc23)cc1.C[Si](C)=[Zr+2].Cc1cc2c(-c3ccc(C(C)(C)C)cc3)cccc2[cH-]1.[Cl-].[Cl-]. The minimum atomic E-state index is 0. The summed E-state index contributed by atoms with van der Waals surface area (Å²) in [7, 11) is 0. The van der Waals surface area contributed by atoms with E-state index >= 15 is 0 Å². The van der Waals surface area contributed by atoms with Crippen LogP contribution >= 0.6 is 0 Å². The van der Waals surface area contributed by atoms with Crippen LogP contribution in [0.3, 0.4) is 0 Å². The van der Waals surface area contributed by atoms with Gasteiger partial charge in [-0.25, -0.2) is 0 Å². The Labute approximate surface area is 312 Å². The molecule has 6 aromatic carbocycles. The van der Waals surface area contributed by atoms with Crippen molar-refractivity contribution >= 4 is 27.0 Å². The van der Waals surface area contributed by atoms with Gasteiger partial charge in [0.2, 0.25) is 0 Å². The average Bonchev–Trinajstić information content (AvgIpc) is 3.60. The Morgan fingerprint density at radius 3 is 1.51 bits per heavy atom. The van der Waals surface area contributed by atoms with E-state index in [0.29, 0.717) is 11.8 Å². The molecule has 0 amide bonds. The summed E-state index contributed by atoms with van der Waals surface area (Å²) in [6, 6.07) is 40.4. The van der Waals surface area contributed by atoms with E-state index in [0.717, 1.165) is 0 Å². The molecular formula is C43H50Cl2SiZr-2. The molecular weight excluding hydrogens is 707 g/mol. The third-order valence-electron chi connectivity index (χ3n) is 8.29. The molecule has 0 fully saturated rings. The van der Waals surface area contributed by atoms with E-state index in [-0.39, 0.29) is 35.7 Å². The Hall–Kier alpha value is -2.22. The number of hydrogen-bond acceptors (Lipinski definition) is 0. The molecule has 0 nitrogen and oxygen atoms in total. The zero-order valence-electron chi connectivity index (χ0n) is 29.8.